The van der Waals surface area contributed by atoms with Crippen molar-refractivity contribution in [2.45, 2.75) is 38.5 Å². The smallest absolute Gasteiger partial charge is 0.303 e. The van der Waals surface area contributed by atoms with Gasteiger partial charge in [-0.05, 0) is 5.92 Å². The van der Waals surface area contributed by atoms with E-state index in [1.54, 1.807) is 7.05 Å². The number of carbonyl (C=O) groups is 1. The Balaban J connectivity index is 2.24. The highest BCUT2D eigenvalue weighted by atomic mass is 16.2. The van der Waals surface area contributed by atoms with Gasteiger partial charge in [-0.1, -0.05) is 32.1 Å². The second kappa shape index (κ2) is 5.55. The molecule has 1 heterocycles. The van der Waals surface area contributed by atoms with Gasteiger partial charge < -0.3 is 4.57 Å². The highest BCUT2D eigenvalue weighted by Crippen LogP contribution is 2.27. The van der Waals surface area contributed by atoms with Crippen LogP contribution in [0.15, 0.2) is 15.8 Å². The number of hydrogen-bond acceptors (Lipinski definition) is 3. The largest absolute Gasteiger partial charge is 0.330 e. The van der Waals surface area contributed by atoms with Crippen LogP contribution in [0.3, 0.4) is 0 Å². The lowest BCUT2D eigenvalue weighted by atomic mass is 9.85. The lowest BCUT2D eigenvalue weighted by Crippen LogP contribution is -2.39. The molecule has 0 bridgehead atoms. The van der Waals surface area contributed by atoms with Gasteiger partial charge in [0.2, 0.25) is 0 Å². The van der Waals surface area contributed by atoms with E-state index >= 15 is 0 Å². The van der Waals surface area contributed by atoms with E-state index in [0.29, 0.717) is 12.3 Å². The Morgan fingerprint density at radius 3 is 2.47 bits per heavy atom. The number of aryl methyl sites for hydroxylation is 1. The van der Waals surface area contributed by atoms with Crippen LogP contribution < -0.4 is 11.2 Å². The number of ketones is 1. The highest BCUT2D eigenvalue weighted by molar-refractivity contribution is 5.95. The molecule has 1 aromatic heterocycles. The first-order valence-corrected chi connectivity index (χ1v) is 6.80. The van der Waals surface area contributed by atoms with E-state index in [0.717, 1.165) is 17.4 Å². The van der Waals surface area contributed by atoms with Crippen LogP contribution in [-0.2, 0) is 14.1 Å². The van der Waals surface area contributed by atoms with Crippen LogP contribution in [0.2, 0.25) is 0 Å². The molecule has 0 spiro atoms. The van der Waals surface area contributed by atoms with Gasteiger partial charge >= 0.3 is 5.69 Å². The van der Waals surface area contributed by atoms with Crippen LogP contribution in [0.5, 0.6) is 0 Å². The molecule has 5 heteroatoms. The molecule has 0 unspecified atom stereocenters. The van der Waals surface area contributed by atoms with E-state index in [-0.39, 0.29) is 11.3 Å². The molecular weight excluding hydrogens is 244 g/mol. The second-order valence-corrected chi connectivity index (χ2v) is 5.43. The van der Waals surface area contributed by atoms with Crippen molar-refractivity contribution in [3.63, 3.8) is 0 Å². The summed E-state index contributed by atoms with van der Waals surface area (Å²) < 4.78 is 2.28. The normalized spacial score (nSPS) is 16.5. The third kappa shape index (κ3) is 2.85. The minimum atomic E-state index is -0.482. The zero-order valence-corrected chi connectivity index (χ0v) is 11.5. The van der Waals surface area contributed by atoms with Crippen molar-refractivity contribution in [2.75, 3.05) is 0 Å². The summed E-state index contributed by atoms with van der Waals surface area (Å²) in [5.74, 6) is 0.256. The van der Waals surface area contributed by atoms with E-state index in [1.165, 1.54) is 37.1 Å². The molecule has 1 aromatic rings. The Kier molecular flexibility index (Phi) is 4.02. The molecular formula is C14H20N2O3. The Hall–Kier alpha value is -1.65. The van der Waals surface area contributed by atoms with Gasteiger partial charge in [0.25, 0.3) is 5.56 Å². The van der Waals surface area contributed by atoms with Crippen molar-refractivity contribution in [3.8, 4) is 0 Å². The van der Waals surface area contributed by atoms with E-state index in [2.05, 4.69) is 0 Å². The number of nitrogens with zero attached hydrogens (tertiary/aromatic N) is 2. The van der Waals surface area contributed by atoms with Crippen LogP contribution >= 0.6 is 0 Å². The maximum absolute atomic E-state index is 12.2. The molecule has 19 heavy (non-hydrogen) atoms. The van der Waals surface area contributed by atoms with Crippen LogP contribution in [0, 0.1) is 5.92 Å². The zero-order chi connectivity index (χ0) is 14.0. The van der Waals surface area contributed by atoms with Gasteiger partial charge in [0.05, 0.1) is 5.56 Å². The SMILES string of the molecule is Cn1cc(C(=O)CC2CCCCC2)c(=O)n(C)c1=O. The Labute approximate surface area is 111 Å². The number of Topliss-reactive ketones (excluding diaryl/α,β-unsaturated/α-hetero) is 1. The quantitative estimate of drug-likeness (QED) is 0.772. The maximum Gasteiger partial charge on any atom is 0.330 e. The van der Waals surface area contributed by atoms with Gasteiger partial charge in [0, 0.05) is 26.7 Å². The minimum absolute atomic E-state index is 0.134. The molecule has 104 valence electrons. The van der Waals surface area contributed by atoms with Crippen molar-refractivity contribution < 1.29 is 4.79 Å². The topological polar surface area (TPSA) is 61.1 Å². The number of aromatic nitrogens is 2. The molecule has 0 N–H and O–H groups in total. The fraction of sp³-hybridized carbons (Fsp3) is 0.643. The fourth-order valence-electron chi connectivity index (χ4n) is 2.76. The lowest BCUT2D eigenvalue weighted by Gasteiger charge is -2.20. The molecule has 1 aliphatic rings. The van der Waals surface area contributed by atoms with Gasteiger partial charge in [0.15, 0.2) is 5.78 Å². The van der Waals surface area contributed by atoms with Crippen molar-refractivity contribution in [1.82, 2.24) is 9.13 Å². The molecule has 2 rings (SSSR count). The first-order chi connectivity index (χ1) is 9.00. The standard InChI is InChI=1S/C14H20N2O3/c1-15-9-11(13(18)16(2)14(15)19)12(17)8-10-6-4-3-5-7-10/h9-10H,3-8H2,1-2H3. The number of rotatable bonds is 3. The van der Waals surface area contributed by atoms with E-state index < -0.39 is 11.2 Å². The van der Waals surface area contributed by atoms with Gasteiger partial charge in [-0.3, -0.25) is 14.2 Å². The summed E-state index contributed by atoms with van der Waals surface area (Å²) >= 11 is 0. The summed E-state index contributed by atoms with van der Waals surface area (Å²) in [6.45, 7) is 0. The van der Waals surface area contributed by atoms with Gasteiger partial charge in [-0.2, -0.15) is 0 Å². The fourth-order valence-corrected chi connectivity index (χ4v) is 2.76. The van der Waals surface area contributed by atoms with Crippen molar-refractivity contribution >= 4 is 5.78 Å². The molecule has 0 radical (unpaired) electrons. The average Bonchev–Trinajstić information content (AvgIpc) is 2.41. The summed E-state index contributed by atoms with van der Waals surface area (Å²) in [5.41, 5.74) is -0.752. The van der Waals surface area contributed by atoms with E-state index in [4.69, 9.17) is 0 Å². The van der Waals surface area contributed by atoms with Gasteiger partial charge in [0.1, 0.15) is 0 Å². The lowest BCUT2D eigenvalue weighted by molar-refractivity contribution is 0.0947. The van der Waals surface area contributed by atoms with Crippen LogP contribution in [0.1, 0.15) is 48.9 Å². The predicted molar refractivity (Wildman–Crippen MR) is 72.4 cm³/mol. The second-order valence-electron chi connectivity index (χ2n) is 5.43. The summed E-state index contributed by atoms with van der Waals surface area (Å²) in [6, 6.07) is 0. The average molecular weight is 264 g/mol. The predicted octanol–water partition coefficient (Wildman–Crippen LogP) is 1.24. The zero-order valence-electron chi connectivity index (χ0n) is 11.5. The van der Waals surface area contributed by atoms with E-state index in [9.17, 15) is 14.4 Å². The monoisotopic (exact) mass is 264 g/mol. The molecule has 1 saturated carbocycles. The third-order valence-electron chi connectivity index (χ3n) is 3.95. The molecule has 1 fully saturated rings. The van der Waals surface area contributed by atoms with Crippen molar-refractivity contribution in [2.24, 2.45) is 20.0 Å². The van der Waals surface area contributed by atoms with Crippen LogP contribution in [0.4, 0.5) is 0 Å². The molecule has 0 aromatic carbocycles. The van der Waals surface area contributed by atoms with E-state index in [1.807, 2.05) is 0 Å². The van der Waals surface area contributed by atoms with Crippen LogP contribution in [-0.4, -0.2) is 14.9 Å². The summed E-state index contributed by atoms with van der Waals surface area (Å²) in [4.78, 5) is 35.7. The molecule has 0 aliphatic heterocycles. The third-order valence-corrected chi connectivity index (χ3v) is 3.95. The van der Waals surface area contributed by atoms with Crippen molar-refractivity contribution in [3.05, 3.63) is 32.6 Å². The molecule has 0 atom stereocenters. The van der Waals surface area contributed by atoms with Gasteiger partial charge in [-0.15, -0.1) is 0 Å². The number of carbonyl (C=O) groups excluding carboxylic acids is 1. The Bertz CT molecular complexity index is 592. The minimum Gasteiger partial charge on any atom is -0.303 e. The Morgan fingerprint density at radius 1 is 1.21 bits per heavy atom. The van der Waals surface area contributed by atoms with Crippen LogP contribution in [0.25, 0.3) is 0 Å². The molecule has 5 nitrogen and oxygen atoms in total. The Morgan fingerprint density at radius 2 is 1.84 bits per heavy atom. The summed E-state index contributed by atoms with van der Waals surface area (Å²) in [7, 11) is 2.96. The van der Waals surface area contributed by atoms with Crippen molar-refractivity contribution in [1.29, 1.82) is 0 Å². The van der Waals surface area contributed by atoms with Gasteiger partial charge in [-0.25, -0.2) is 4.79 Å². The molecule has 0 amide bonds. The first kappa shape index (κ1) is 13.8. The maximum atomic E-state index is 12.2. The first-order valence-electron chi connectivity index (χ1n) is 6.80. The molecule has 1 aliphatic carbocycles. The highest BCUT2D eigenvalue weighted by Gasteiger charge is 2.21. The summed E-state index contributed by atoms with van der Waals surface area (Å²) in [6.07, 6.45) is 7.51. The number of hydrogen-bond donors (Lipinski definition) is 0. The summed E-state index contributed by atoms with van der Waals surface area (Å²) in [5, 5.41) is 0. The molecule has 0 saturated heterocycles.